The SMILES string of the molecule is CC(CCc1ccccc1)N1CCN(C(=O)c2cccc(Cl)c2)CC1. The molecule has 1 aliphatic rings. The molecule has 1 unspecified atom stereocenters. The summed E-state index contributed by atoms with van der Waals surface area (Å²) in [6, 6.07) is 18.4. The van der Waals surface area contributed by atoms with Crippen LogP contribution in [0.3, 0.4) is 0 Å². The molecule has 0 bridgehead atoms. The van der Waals surface area contributed by atoms with Crippen molar-refractivity contribution in [2.45, 2.75) is 25.8 Å². The van der Waals surface area contributed by atoms with Crippen LogP contribution in [0.2, 0.25) is 5.02 Å². The molecule has 0 radical (unpaired) electrons. The van der Waals surface area contributed by atoms with E-state index in [4.69, 9.17) is 11.6 Å². The van der Waals surface area contributed by atoms with Crippen LogP contribution >= 0.6 is 11.6 Å². The summed E-state index contributed by atoms with van der Waals surface area (Å²) in [6.07, 6.45) is 2.25. The first-order valence-electron chi connectivity index (χ1n) is 8.96. The number of nitrogens with zero attached hydrogens (tertiary/aromatic N) is 2. The summed E-state index contributed by atoms with van der Waals surface area (Å²) in [5, 5.41) is 0.610. The van der Waals surface area contributed by atoms with Crippen LogP contribution in [-0.4, -0.2) is 47.9 Å². The van der Waals surface area contributed by atoms with Gasteiger partial charge in [-0.15, -0.1) is 0 Å². The maximum Gasteiger partial charge on any atom is 0.253 e. The van der Waals surface area contributed by atoms with Crippen molar-refractivity contribution in [1.82, 2.24) is 9.80 Å². The highest BCUT2D eigenvalue weighted by Crippen LogP contribution is 2.16. The van der Waals surface area contributed by atoms with Gasteiger partial charge < -0.3 is 4.90 Å². The average Bonchev–Trinajstić information content (AvgIpc) is 2.66. The number of benzene rings is 2. The summed E-state index contributed by atoms with van der Waals surface area (Å²) in [5.74, 6) is 0.0825. The number of piperazine rings is 1. The van der Waals surface area contributed by atoms with E-state index < -0.39 is 0 Å². The van der Waals surface area contributed by atoms with Gasteiger partial charge in [-0.1, -0.05) is 48.0 Å². The quantitative estimate of drug-likeness (QED) is 0.804. The maximum atomic E-state index is 12.6. The molecule has 1 saturated heterocycles. The Morgan fingerprint density at radius 2 is 1.76 bits per heavy atom. The average molecular weight is 357 g/mol. The minimum Gasteiger partial charge on any atom is -0.336 e. The van der Waals surface area contributed by atoms with E-state index in [2.05, 4.69) is 42.2 Å². The molecule has 3 rings (SSSR count). The van der Waals surface area contributed by atoms with Crippen LogP contribution in [0.1, 0.15) is 29.3 Å². The lowest BCUT2D eigenvalue weighted by Crippen LogP contribution is -2.51. The third-order valence-electron chi connectivity index (χ3n) is 4.99. The number of aryl methyl sites for hydroxylation is 1. The van der Waals surface area contributed by atoms with E-state index >= 15 is 0 Å². The molecule has 2 aromatic carbocycles. The maximum absolute atomic E-state index is 12.6. The first kappa shape index (κ1) is 18.0. The van der Waals surface area contributed by atoms with E-state index in [9.17, 15) is 4.79 Å². The largest absolute Gasteiger partial charge is 0.336 e. The standard InChI is InChI=1S/C21H25ClN2O/c1-17(10-11-18-6-3-2-4-7-18)23-12-14-24(15-13-23)21(25)19-8-5-9-20(22)16-19/h2-9,16-17H,10-15H2,1H3. The van der Waals surface area contributed by atoms with Crippen LogP contribution in [0.5, 0.6) is 0 Å². The summed E-state index contributed by atoms with van der Waals surface area (Å²) in [7, 11) is 0. The zero-order valence-electron chi connectivity index (χ0n) is 14.7. The molecule has 0 saturated carbocycles. The molecule has 3 nitrogen and oxygen atoms in total. The molecule has 0 aliphatic carbocycles. The number of carbonyl (C=O) groups is 1. The summed E-state index contributed by atoms with van der Waals surface area (Å²) in [4.78, 5) is 17.0. The van der Waals surface area contributed by atoms with Crippen LogP contribution in [-0.2, 0) is 6.42 Å². The number of rotatable bonds is 5. The molecule has 0 spiro atoms. The first-order chi connectivity index (χ1) is 12.1. The van der Waals surface area contributed by atoms with E-state index in [1.54, 1.807) is 12.1 Å². The number of hydrogen-bond donors (Lipinski definition) is 0. The van der Waals surface area contributed by atoms with Crippen LogP contribution in [0.15, 0.2) is 54.6 Å². The molecule has 1 atom stereocenters. The number of amides is 1. The van der Waals surface area contributed by atoms with Crippen molar-refractivity contribution in [2.24, 2.45) is 0 Å². The van der Waals surface area contributed by atoms with Crippen molar-refractivity contribution in [1.29, 1.82) is 0 Å². The molecule has 0 N–H and O–H groups in total. The van der Waals surface area contributed by atoms with Crippen LogP contribution in [0.4, 0.5) is 0 Å². The summed E-state index contributed by atoms with van der Waals surface area (Å²) in [5.41, 5.74) is 2.07. The molecule has 132 valence electrons. The molecule has 0 aromatic heterocycles. The smallest absolute Gasteiger partial charge is 0.253 e. The van der Waals surface area contributed by atoms with Crippen molar-refractivity contribution in [3.63, 3.8) is 0 Å². The van der Waals surface area contributed by atoms with Gasteiger partial charge in [0.25, 0.3) is 5.91 Å². The van der Waals surface area contributed by atoms with Crippen LogP contribution < -0.4 is 0 Å². The van der Waals surface area contributed by atoms with E-state index in [1.165, 1.54) is 5.56 Å². The van der Waals surface area contributed by atoms with Crippen molar-refractivity contribution in [3.8, 4) is 0 Å². The molecular weight excluding hydrogens is 332 g/mol. The van der Waals surface area contributed by atoms with Crippen molar-refractivity contribution in [3.05, 3.63) is 70.7 Å². The minimum absolute atomic E-state index is 0.0825. The van der Waals surface area contributed by atoms with E-state index in [0.717, 1.165) is 39.0 Å². The van der Waals surface area contributed by atoms with Gasteiger partial charge in [-0.3, -0.25) is 9.69 Å². The third-order valence-corrected chi connectivity index (χ3v) is 5.23. The van der Waals surface area contributed by atoms with Crippen LogP contribution in [0, 0.1) is 0 Å². The number of halogens is 1. The van der Waals surface area contributed by atoms with E-state index in [1.807, 2.05) is 17.0 Å². The van der Waals surface area contributed by atoms with Gasteiger partial charge in [0.1, 0.15) is 0 Å². The monoisotopic (exact) mass is 356 g/mol. The van der Waals surface area contributed by atoms with Gasteiger partial charge in [0.15, 0.2) is 0 Å². The predicted octanol–water partition coefficient (Wildman–Crippen LogP) is 4.12. The molecule has 1 fully saturated rings. The summed E-state index contributed by atoms with van der Waals surface area (Å²) < 4.78 is 0. The van der Waals surface area contributed by atoms with Crippen molar-refractivity contribution in [2.75, 3.05) is 26.2 Å². The lowest BCUT2D eigenvalue weighted by molar-refractivity contribution is 0.0576. The predicted molar refractivity (Wildman–Crippen MR) is 103 cm³/mol. The molecule has 25 heavy (non-hydrogen) atoms. The highest BCUT2D eigenvalue weighted by Gasteiger charge is 2.24. The van der Waals surface area contributed by atoms with Gasteiger partial charge in [0, 0.05) is 42.8 Å². The zero-order valence-corrected chi connectivity index (χ0v) is 15.5. The second-order valence-electron chi connectivity index (χ2n) is 6.71. The van der Waals surface area contributed by atoms with Crippen LogP contribution in [0.25, 0.3) is 0 Å². The fourth-order valence-corrected chi connectivity index (χ4v) is 3.56. The first-order valence-corrected chi connectivity index (χ1v) is 9.34. The lowest BCUT2D eigenvalue weighted by Gasteiger charge is -2.38. The third kappa shape index (κ3) is 4.83. The normalized spacial score (nSPS) is 16.6. The molecule has 1 heterocycles. The Labute approximate surface area is 155 Å². The Hall–Kier alpha value is -1.84. The van der Waals surface area contributed by atoms with Gasteiger partial charge in [-0.2, -0.15) is 0 Å². The topological polar surface area (TPSA) is 23.6 Å². The van der Waals surface area contributed by atoms with Crippen molar-refractivity contribution >= 4 is 17.5 Å². The fourth-order valence-electron chi connectivity index (χ4n) is 3.37. The molecular formula is C21H25ClN2O. The fraction of sp³-hybridized carbons (Fsp3) is 0.381. The minimum atomic E-state index is 0.0825. The van der Waals surface area contributed by atoms with Gasteiger partial charge in [-0.25, -0.2) is 0 Å². The second-order valence-corrected chi connectivity index (χ2v) is 7.15. The number of carbonyl (C=O) groups excluding carboxylic acids is 1. The molecule has 4 heteroatoms. The van der Waals surface area contributed by atoms with Gasteiger partial charge in [0.2, 0.25) is 0 Å². The Morgan fingerprint density at radius 3 is 2.44 bits per heavy atom. The summed E-state index contributed by atoms with van der Waals surface area (Å²) >= 11 is 6.00. The highest BCUT2D eigenvalue weighted by molar-refractivity contribution is 6.30. The second kappa shape index (κ2) is 8.50. The van der Waals surface area contributed by atoms with E-state index in [-0.39, 0.29) is 5.91 Å². The highest BCUT2D eigenvalue weighted by atomic mass is 35.5. The van der Waals surface area contributed by atoms with Gasteiger partial charge in [-0.05, 0) is 43.5 Å². The molecule has 1 aliphatic heterocycles. The molecule has 2 aromatic rings. The Balaban J connectivity index is 1.48. The Bertz CT molecular complexity index is 696. The van der Waals surface area contributed by atoms with Gasteiger partial charge >= 0.3 is 0 Å². The summed E-state index contributed by atoms with van der Waals surface area (Å²) in [6.45, 7) is 5.71. The Morgan fingerprint density at radius 1 is 1.04 bits per heavy atom. The molecule has 1 amide bonds. The van der Waals surface area contributed by atoms with Gasteiger partial charge in [0.05, 0.1) is 0 Å². The zero-order chi connectivity index (χ0) is 17.6. The lowest BCUT2D eigenvalue weighted by atomic mass is 10.0. The van der Waals surface area contributed by atoms with Crippen molar-refractivity contribution < 1.29 is 4.79 Å². The Kier molecular flexibility index (Phi) is 6.11. The number of hydrogen-bond acceptors (Lipinski definition) is 2. The van der Waals surface area contributed by atoms with E-state index in [0.29, 0.717) is 16.6 Å².